The molecule has 0 aliphatic carbocycles. The Morgan fingerprint density at radius 2 is 1.86 bits per heavy atom. The summed E-state index contributed by atoms with van der Waals surface area (Å²) in [5, 5.41) is 9.41. The van der Waals surface area contributed by atoms with Gasteiger partial charge in [0.05, 0.1) is 13.2 Å². The fraction of sp³-hybridized carbons (Fsp3) is 0.167. The van der Waals surface area contributed by atoms with E-state index in [9.17, 15) is 9.90 Å². The van der Waals surface area contributed by atoms with Gasteiger partial charge in [0.1, 0.15) is 5.75 Å². The Morgan fingerprint density at radius 1 is 1.05 bits per heavy atom. The zero-order valence-electron chi connectivity index (χ0n) is 12.0. The predicted molar refractivity (Wildman–Crippen MR) is 83.5 cm³/mol. The van der Waals surface area contributed by atoms with Crippen LogP contribution in [-0.2, 0) is 0 Å². The maximum Gasteiger partial charge on any atom is 0.185 e. The third-order valence-electron chi connectivity index (χ3n) is 3.33. The van der Waals surface area contributed by atoms with E-state index in [4.69, 9.17) is 9.47 Å². The molecule has 0 atom stereocenters. The van der Waals surface area contributed by atoms with Gasteiger partial charge in [-0.25, -0.2) is 0 Å². The standard InChI is InChI=1S/C18H16O4/c19-15-4-1-3-13(11-15)5-7-16(20)14-6-8-17-18(12-14)22-10-2-9-21-17/h1,3-8,11-12,19H,2,9-10H2/b7-5+. The molecule has 0 saturated heterocycles. The van der Waals surface area contributed by atoms with Crippen molar-refractivity contribution in [2.75, 3.05) is 13.2 Å². The summed E-state index contributed by atoms with van der Waals surface area (Å²) in [7, 11) is 0. The number of allylic oxidation sites excluding steroid dienone is 1. The minimum absolute atomic E-state index is 0.126. The Morgan fingerprint density at radius 3 is 2.68 bits per heavy atom. The molecule has 1 aliphatic heterocycles. The zero-order chi connectivity index (χ0) is 15.4. The van der Waals surface area contributed by atoms with E-state index in [1.165, 1.54) is 6.08 Å². The maximum atomic E-state index is 12.2. The number of carbonyl (C=O) groups excluding carboxylic acids is 1. The molecular formula is C18H16O4. The van der Waals surface area contributed by atoms with Crippen LogP contribution in [0, 0.1) is 0 Å². The lowest BCUT2D eigenvalue weighted by molar-refractivity contribution is 0.104. The highest BCUT2D eigenvalue weighted by Crippen LogP contribution is 2.30. The van der Waals surface area contributed by atoms with Crippen LogP contribution in [0.3, 0.4) is 0 Å². The molecule has 0 unspecified atom stereocenters. The highest BCUT2D eigenvalue weighted by atomic mass is 16.5. The van der Waals surface area contributed by atoms with E-state index in [-0.39, 0.29) is 11.5 Å². The van der Waals surface area contributed by atoms with E-state index in [0.717, 1.165) is 12.0 Å². The van der Waals surface area contributed by atoms with Crippen LogP contribution in [0.4, 0.5) is 0 Å². The molecule has 22 heavy (non-hydrogen) atoms. The molecule has 0 amide bonds. The number of rotatable bonds is 3. The number of hydrogen-bond acceptors (Lipinski definition) is 4. The number of aromatic hydroxyl groups is 1. The van der Waals surface area contributed by atoms with Crippen molar-refractivity contribution in [2.45, 2.75) is 6.42 Å². The van der Waals surface area contributed by atoms with Crippen LogP contribution in [-0.4, -0.2) is 24.1 Å². The summed E-state index contributed by atoms with van der Waals surface area (Å²) >= 11 is 0. The lowest BCUT2D eigenvalue weighted by atomic mass is 10.1. The van der Waals surface area contributed by atoms with E-state index in [1.807, 2.05) is 6.07 Å². The molecule has 0 bridgehead atoms. The molecule has 2 aromatic carbocycles. The molecule has 2 aromatic rings. The largest absolute Gasteiger partial charge is 0.508 e. The van der Waals surface area contributed by atoms with E-state index >= 15 is 0 Å². The average molecular weight is 296 g/mol. The minimum atomic E-state index is -0.126. The number of hydrogen-bond donors (Lipinski definition) is 1. The first-order chi connectivity index (χ1) is 10.7. The van der Waals surface area contributed by atoms with Crippen LogP contribution in [0.1, 0.15) is 22.3 Å². The van der Waals surface area contributed by atoms with Crippen molar-refractivity contribution in [3.05, 3.63) is 59.7 Å². The van der Waals surface area contributed by atoms with Crippen molar-refractivity contribution in [2.24, 2.45) is 0 Å². The summed E-state index contributed by atoms with van der Waals surface area (Å²) in [4.78, 5) is 12.2. The van der Waals surface area contributed by atoms with Crippen molar-refractivity contribution in [1.29, 1.82) is 0 Å². The number of carbonyl (C=O) groups is 1. The molecule has 3 rings (SSSR count). The second-order valence-corrected chi connectivity index (χ2v) is 5.00. The fourth-order valence-corrected chi connectivity index (χ4v) is 2.21. The van der Waals surface area contributed by atoms with Crippen LogP contribution >= 0.6 is 0 Å². The highest BCUT2D eigenvalue weighted by Gasteiger charge is 2.12. The molecular weight excluding hydrogens is 280 g/mol. The molecule has 4 nitrogen and oxygen atoms in total. The second kappa shape index (κ2) is 6.35. The number of ether oxygens (including phenoxy) is 2. The highest BCUT2D eigenvalue weighted by molar-refractivity contribution is 6.07. The Labute approximate surface area is 128 Å². The van der Waals surface area contributed by atoms with E-state index < -0.39 is 0 Å². The quantitative estimate of drug-likeness (QED) is 0.696. The van der Waals surface area contributed by atoms with Gasteiger partial charge in [0, 0.05) is 12.0 Å². The van der Waals surface area contributed by atoms with Crippen LogP contribution in [0.5, 0.6) is 17.2 Å². The van der Waals surface area contributed by atoms with Gasteiger partial charge in [0.2, 0.25) is 0 Å². The van der Waals surface area contributed by atoms with Crippen molar-refractivity contribution in [3.8, 4) is 17.2 Å². The van der Waals surface area contributed by atoms with E-state index in [1.54, 1.807) is 42.5 Å². The summed E-state index contributed by atoms with van der Waals surface area (Å²) in [5.74, 6) is 1.32. The summed E-state index contributed by atoms with van der Waals surface area (Å²) in [5.41, 5.74) is 1.31. The Hall–Kier alpha value is -2.75. The molecule has 112 valence electrons. The maximum absolute atomic E-state index is 12.2. The number of phenolic OH excluding ortho intramolecular Hbond substituents is 1. The summed E-state index contributed by atoms with van der Waals surface area (Å²) in [6, 6.07) is 11.9. The van der Waals surface area contributed by atoms with Gasteiger partial charge in [-0.2, -0.15) is 0 Å². The Bertz CT molecular complexity index is 719. The molecule has 0 fully saturated rings. The monoisotopic (exact) mass is 296 g/mol. The predicted octanol–water partition coefficient (Wildman–Crippen LogP) is 3.45. The third kappa shape index (κ3) is 3.28. The number of phenols is 1. The van der Waals surface area contributed by atoms with Gasteiger partial charge in [-0.3, -0.25) is 4.79 Å². The van der Waals surface area contributed by atoms with Crippen LogP contribution < -0.4 is 9.47 Å². The topological polar surface area (TPSA) is 55.8 Å². The van der Waals surface area contributed by atoms with Crippen LogP contribution in [0.15, 0.2) is 48.5 Å². The van der Waals surface area contributed by atoms with Crippen molar-refractivity contribution >= 4 is 11.9 Å². The normalized spacial score (nSPS) is 13.8. The van der Waals surface area contributed by atoms with Crippen molar-refractivity contribution in [3.63, 3.8) is 0 Å². The number of ketones is 1. The molecule has 1 aliphatic rings. The number of benzene rings is 2. The fourth-order valence-electron chi connectivity index (χ4n) is 2.21. The van der Waals surface area contributed by atoms with Gasteiger partial charge in [-0.1, -0.05) is 18.2 Å². The van der Waals surface area contributed by atoms with Gasteiger partial charge in [-0.15, -0.1) is 0 Å². The Balaban J connectivity index is 1.79. The third-order valence-corrected chi connectivity index (χ3v) is 3.33. The van der Waals surface area contributed by atoms with Gasteiger partial charge in [-0.05, 0) is 42.0 Å². The van der Waals surface area contributed by atoms with E-state index in [2.05, 4.69) is 0 Å². The summed E-state index contributed by atoms with van der Waals surface area (Å²) in [6.07, 6.45) is 3.98. The SMILES string of the molecule is O=C(/C=C/c1cccc(O)c1)c1ccc2c(c1)OCCCO2. The smallest absolute Gasteiger partial charge is 0.185 e. The molecule has 0 saturated carbocycles. The van der Waals surface area contributed by atoms with E-state index in [0.29, 0.717) is 30.3 Å². The van der Waals surface area contributed by atoms with Gasteiger partial charge in [0.15, 0.2) is 17.3 Å². The van der Waals surface area contributed by atoms with Crippen molar-refractivity contribution in [1.82, 2.24) is 0 Å². The van der Waals surface area contributed by atoms with Gasteiger partial charge in [0.25, 0.3) is 0 Å². The molecule has 0 aromatic heterocycles. The van der Waals surface area contributed by atoms with Crippen LogP contribution in [0.25, 0.3) is 6.08 Å². The summed E-state index contributed by atoms with van der Waals surface area (Å²) in [6.45, 7) is 1.21. The first-order valence-corrected chi connectivity index (χ1v) is 7.13. The average Bonchev–Trinajstić information content (AvgIpc) is 2.77. The first-order valence-electron chi connectivity index (χ1n) is 7.13. The van der Waals surface area contributed by atoms with Crippen molar-refractivity contribution < 1.29 is 19.4 Å². The minimum Gasteiger partial charge on any atom is -0.508 e. The second-order valence-electron chi connectivity index (χ2n) is 5.00. The zero-order valence-corrected chi connectivity index (χ0v) is 12.0. The lowest BCUT2D eigenvalue weighted by Crippen LogP contribution is -1.98. The lowest BCUT2D eigenvalue weighted by Gasteiger charge is -2.07. The Kier molecular flexibility index (Phi) is 4.10. The number of fused-ring (bicyclic) bond motifs is 1. The molecule has 0 radical (unpaired) electrons. The van der Waals surface area contributed by atoms with Gasteiger partial charge < -0.3 is 14.6 Å². The molecule has 1 heterocycles. The van der Waals surface area contributed by atoms with Gasteiger partial charge >= 0.3 is 0 Å². The molecule has 0 spiro atoms. The molecule has 1 N–H and O–H groups in total. The first kappa shape index (κ1) is 14.2. The molecule has 4 heteroatoms. The van der Waals surface area contributed by atoms with Crippen LogP contribution in [0.2, 0.25) is 0 Å². The summed E-state index contributed by atoms with van der Waals surface area (Å²) < 4.78 is 11.1.